The zero-order valence-electron chi connectivity index (χ0n) is 12.1. The summed E-state index contributed by atoms with van der Waals surface area (Å²) in [5.41, 5.74) is 4.86. The first-order valence-electron chi connectivity index (χ1n) is 6.69. The normalized spacial score (nSPS) is 11.7. The van der Waals surface area contributed by atoms with E-state index in [1.165, 1.54) is 22.1 Å². The number of hydrogen-bond donors (Lipinski definition) is 1. The summed E-state index contributed by atoms with van der Waals surface area (Å²) in [6, 6.07) is 4.34. The highest BCUT2D eigenvalue weighted by atomic mass is 16.3. The monoisotopic (exact) mass is 245 g/mol. The van der Waals surface area contributed by atoms with Gasteiger partial charge in [0.2, 0.25) is 0 Å². The Labute approximate surface area is 109 Å². The van der Waals surface area contributed by atoms with E-state index >= 15 is 0 Å². The van der Waals surface area contributed by atoms with Crippen LogP contribution in [0.5, 0.6) is 0 Å². The Morgan fingerprint density at radius 3 is 2.56 bits per heavy atom. The molecule has 2 aromatic rings. The first kappa shape index (κ1) is 13.2. The summed E-state index contributed by atoms with van der Waals surface area (Å²) in [5, 5.41) is 4.72. The average molecular weight is 245 g/mol. The lowest BCUT2D eigenvalue weighted by atomic mass is 10.0. The summed E-state index contributed by atoms with van der Waals surface area (Å²) in [6.45, 7) is 12.7. The minimum Gasteiger partial charge on any atom is -0.459 e. The molecule has 0 fully saturated rings. The van der Waals surface area contributed by atoms with E-state index in [4.69, 9.17) is 4.42 Å². The maximum Gasteiger partial charge on any atom is 0.135 e. The third-order valence-corrected chi connectivity index (χ3v) is 3.31. The van der Waals surface area contributed by atoms with Gasteiger partial charge in [-0.15, -0.1) is 0 Å². The Hall–Kier alpha value is -1.28. The number of benzene rings is 1. The minimum absolute atomic E-state index is 0.665. The molecule has 0 saturated heterocycles. The third kappa shape index (κ3) is 2.59. The maximum atomic E-state index is 5.98. The molecule has 0 radical (unpaired) electrons. The van der Waals surface area contributed by atoms with E-state index in [0.717, 1.165) is 24.4 Å². The van der Waals surface area contributed by atoms with E-state index in [1.54, 1.807) is 0 Å². The molecule has 0 spiro atoms. The summed E-state index contributed by atoms with van der Waals surface area (Å²) >= 11 is 0. The molecule has 2 nitrogen and oxygen atoms in total. The van der Waals surface area contributed by atoms with Crippen molar-refractivity contribution in [1.29, 1.82) is 0 Å². The molecule has 0 amide bonds. The van der Waals surface area contributed by atoms with Crippen molar-refractivity contribution in [3.8, 4) is 0 Å². The quantitative estimate of drug-likeness (QED) is 0.877. The van der Waals surface area contributed by atoms with E-state index in [0.29, 0.717) is 5.92 Å². The Bertz CT molecular complexity index is 552. The second-order valence-corrected chi connectivity index (χ2v) is 5.63. The van der Waals surface area contributed by atoms with Crippen LogP contribution in [0.3, 0.4) is 0 Å². The van der Waals surface area contributed by atoms with Crippen LogP contribution in [-0.4, -0.2) is 6.54 Å². The molecule has 0 aliphatic rings. The van der Waals surface area contributed by atoms with E-state index in [9.17, 15) is 0 Å². The molecule has 0 aliphatic carbocycles. The molecule has 1 aromatic carbocycles. The number of furan rings is 1. The van der Waals surface area contributed by atoms with Crippen LogP contribution < -0.4 is 5.32 Å². The smallest absolute Gasteiger partial charge is 0.135 e. The fourth-order valence-electron chi connectivity index (χ4n) is 2.48. The van der Waals surface area contributed by atoms with Crippen molar-refractivity contribution in [2.75, 3.05) is 6.54 Å². The maximum absolute atomic E-state index is 5.98. The Morgan fingerprint density at radius 1 is 1.17 bits per heavy atom. The number of fused-ring (bicyclic) bond motifs is 1. The van der Waals surface area contributed by atoms with Gasteiger partial charge in [-0.2, -0.15) is 0 Å². The average Bonchev–Trinajstić information content (AvgIpc) is 2.55. The summed E-state index contributed by atoms with van der Waals surface area (Å²) in [6.07, 6.45) is 0. The van der Waals surface area contributed by atoms with Crippen molar-refractivity contribution < 1.29 is 4.42 Å². The van der Waals surface area contributed by atoms with Crippen LogP contribution in [0.1, 0.15) is 36.3 Å². The summed E-state index contributed by atoms with van der Waals surface area (Å²) in [5.74, 6) is 1.73. The molecule has 0 saturated carbocycles. The first-order valence-corrected chi connectivity index (χ1v) is 6.69. The predicted molar refractivity (Wildman–Crippen MR) is 77.0 cm³/mol. The lowest BCUT2D eigenvalue weighted by Gasteiger charge is -2.05. The van der Waals surface area contributed by atoms with Gasteiger partial charge in [-0.25, -0.2) is 0 Å². The van der Waals surface area contributed by atoms with Gasteiger partial charge in [0.25, 0.3) is 0 Å². The van der Waals surface area contributed by atoms with Crippen LogP contribution in [0.4, 0.5) is 0 Å². The van der Waals surface area contributed by atoms with Crippen molar-refractivity contribution in [2.24, 2.45) is 5.92 Å². The summed E-state index contributed by atoms with van der Waals surface area (Å²) in [7, 11) is 0. The molecule has 18 heavy (non-hydrogen) atoms. The van der Waals surface area contributed by atoms with Crippen LogP contribution in [0.25, 0.3) is 11.0 Å². The minimum atomic E-state index is 0.665. The van der Waals surface area contributed by atoms with Gasteiger partial charge >= 0.3 is 0 Å². The van der Waals surface area contributed by atoms with Gasteiger partial charge in [0.1, 0.15) is 11.3 Å². The van der Waals surface area contributed by atoms with E-state index < -0.39 is 0 Å². The molecule has 0 unspecified atom stereocenters. The molecule has 2 heteroatoms. The van der Waals surface area contributed by atoms with Gasteiger partial charge < -0.3 is 9.73 Å². The number of rotatable bonds is 4. The van der Waals surface area contributed by atoms with Crippen molar-refractivity contribution in [3.05, 3.63) is 34.6 Å². The fraction of sp³-hybridized carbons (Fsp3) is 0.500. The van der Waals surface area contributed by atoms with Crippen molar-refractivity contribution >= 4 is 11.0 Å². The van der Waals surface area contributed by atoms with Gasteiger partial charge in [-0.1, -0.05) is 19.9 Å². The summed E-state index contributed by atoms with van der Waals surface area (Å²) in [4.78, 5) is 0. The highest BCUT2D eigenvalue weighted by molar-refractivity contribution is 5.86. The van der Waals surface area contributed by atoms with Crippen molar-refractivity contribution in [1.82, 2.24) is 5.32 Å². The van der Waals surface area contributed by atoms with Crippen molar-refractivity contribution in [3.63, 3.8) is 0 Å². The molecular formula is C16H23NO. The molecule has 0 atom stereocenters. The standard InChI is InChI=1S/C16H23NO/c1-10(2)8-17-9-15-13(5)16-12(4)6-11(3)7-14(16)18-15/h6-7,10,17H,8-9H2,1-5H3. The Morgan fingerprint density at radius 2 is 1.89 bits per heavy atom. The largest absolute Gasteiger partial charge is 0.459 e. The van der Waals surface area contributed by atoms with Gasteiger partial charge in [0, 0.05) is 5.39 Å². The van der Waals surface area contributed by atoms with Crippen molar-refractivity contribution in [2.45, 2.75) is 41.2 Å². The fourth-order valence-corrected chi connectivity index (χ4v) is 2.48. The molecule has 1 N–H and O–H groups in total. The topological polar surface area (TPSA) is 25.2 Å². The molecular weight excluding hydrogens is 222 g/mol. The highest BCUT2D eigenvalue weighted by Gasteiger charge is 2.12. The van der Waals surface area contributed by atoms with Crippen LogP contribution in [0, 0.1) is 26.7 Å². The summed E-state index contributed by atoms with van der Waals surface area (Å²) < 4.78 is 5.98. The highest BCUT2D eigenvalue weighted by Crippen LogP contribution is 2.29. The molecule has 0 bridgehead atoms. The number of hydrogen-bond acceptors (Lipinski definition) is 2. The van der Waals surface area contributed by atoms with E-state index in [-0.39, 0.29) is 0 Å². The van der Waals surface area contributed by atoms with Crippen LogP contribution in [0.2, 0.25) is 0 Å². The van der Waals surface area contributed by atoms with Gasteiger partial charge in [0.05, 0.1) is 6.54 Å². The second-order valence-electron chi connectivity index (χ2n) is 5.63. The predicted octanol–water partition coefficient (Wildman–Crippen LogP) is 4.10. The molecule has 1 heterocycles. The Kier molecular flexibility index (Phi) is 3.76. The third-order valence-electron chi connectivity index (χ3n) is 3.31. The van der Waals surface area contributed by atoms with Crippen LogP contribution in [-0.2, 0) is 6.54 Å². The molecule has 98 valence electrons. The Balaban J connectivity index is 2.30. The lowest BCUT2D eigenvalue weighted by Crippen LogP contribution is -2.18. The zero-order valence-corrected chi connectivity index (χ0v) is 12.1. The van der Waals surface area contributed by atoms with E-state index in [1.807, 2.05) is 0 Å². The molecule has 2 rings (SSSR count). The van der Waals surface area contributed by atoms with Gasteiger partial charge in [-0.3, -0.25) is 0 Å². The SMILES string of the molecule is Cc1cc(C)c2c(C)c(CNCC(C)C)oc2c1. The molecule has 1 aromatic heterocycles. The zero-order chi connectivity index (χ0) is 13.3. The number of nitrogens with one attached hydrogen (secondary N) is 1. The second kappa shape index (κ2) is 5.15. The van der Waals surface area contributed by atoms with Gasteiger partial charge in [0.15, 0.2) is 0 Å². The van der Waals surface area contributed by atoms with Crippen LogP contribution >= 0.6 is 0 Å². The van der Waals surface area contributed by atoms with Gasteiger partial charge in [-0.05, 0) is 56.0 Å². The van der Waals surface area contributed by atoms with E-state index in [2.05, 4.69) is 52.1 Å². The molecule has 0 aliphatic heterocycles. The first-order chi connectivity index (χ1) is 8.49. The number of aryl methyl sites for hydroxylation is 3. The van der Waals surface area contributed by atoms with Crippen LogP contribution in [0.15, 0.2) is 16.5 Å². The lowest BCUT2D eigenvalue weighted by molar-refractivity contribution is 0.482.